The van der Waals surface area contributed by atoms with Crippen molar-refractivity contribution in [2.24, 2.45) is 0 Å². The van der Waals surface area contributed by atoms with Gasteiger partial charge in [-0.1, -0.05) is 56.1 Å². The Morgan fingerprint density at radius 2 is 2.00 bits per heavy atom. The van der Waals surface area contributed by atoms with Crippen molar-refractivity contribution in [3.8, 4) is 5.75 Å². The standard InChI is InChI=1S/C17H14Br2O/c18-12-7-11-5-6-20-17(11)15(9-12)16(19)14-8-10-3-1-2-4-13(10)14/h1-4,7,9,14,16H,5-6,8H2. The van der Waals surface area contributed by atoms with Gasteiger partial charge in [0, 0.05) is 22.4 Å². The number of hydrogen-bond acceptors (Lipinski definition) is 1. The third-order valence-corrected chi connectivity index (χ3v) is 5.91. The fourth-order valence-corrected chi connectivity index (χ4v) is 4.61. The largest absolute Gasteiger partial charge is 0.493 e. The van der Waals surface area contributed by atoms with Crippen molar-refractivity contribution in [2.45, 2.75) is 23.6 Å². The second kappa shape index (κ2) is 4.88. The van der Waals surface area contributed by atoms with Crippen molar-refractivity contribution < 1.29 is 4.74 Å². The Hall–Kier alpha value is -0.800. The van der Waals surface area contributed by atoms with Crippen molar-refractivity contribution in [1.29, 1.82) is 0 Å². The number of rotatable bonds is 2. The minimum atomic E-state index is 0.321. The van der Waals surface area contributed by atoms with E-state index >= 15 is 0 Å². The van der Waals surface area contributed by atoms with Gasteiger partial charge in [0.1, 0.15) is 5.75 Å². The second-order valence-corrected chi connectivity index (χ2v) is 7.40. The van der Waals surface area contributed by atoms with Crippen LogP contribution in [0.4, 0.5) is 0 Å². The van der Waals surface area contributed by atoms with E-state index in [1.165, 1.54) is 22.3 Å². The van der Waals surface area contributed by atoms with Crippen LogP contribution in [0.2, 0.25) is 0 Å². The normalized spacial score (nSPS) is 20.6. The molecule has 0 fully saturated rings. The zero-order valence-electron chi connectivity index (χ0n) is 10.9. The van der Waals surface area contributed by atoms with Crippen LogP contribution < -0.4 is 4.74 Å². The number of halogens is 2. The molecule has 0 saturated heterocycles. The van der Waals surface area contributed by atoms with Gasteiger partial charge in [0.2, 0.25) is 0 Å². The van der Waals surface area contributed by atoms with Gasteiger partial charge >= 0.3 is 0 Å². The summed E-state index contributed by atoms with van der Waals surface area (Å²) in [4.78, 5) is 0.321. The molecule has 2 aromatic carbocycles. The lowest BCUT2D eigenvalue weighted by atomic mass is 9.74. The Kier molecular flexibility index (Phi) is 3.15. The highest BCUT2D eigenvalue weighted by Crippen LogP contribution is 2.51. The summed E-state index contributed by atoms with van der Waals surface area (Å²) in [5, 5.41) is 0. The summed E-state index contributed by atoms with van der Waals surface area (Å²) in [5.74, 6) is 1.65. The fraction of sp³-hybridized carbons (Fsp3) is 0.294. The third kappa shape index (κ3) is 1.94. The maximum Gasteiger partial charge on any atom is 0.127 e. The summed E-state index contributed by atoms with van der Waals surface area (Å²) in [6, 6.07) is 13.1. The van der Waals surface area contributed by atoms with Gasteiger partial charge < -0.3 is 4.74 Å². The number of alkyl halides is 1. The number of benzene rings is 2. The molecule has 0 spiro atoms. The van der Waals surface area contributed by atoms with Crippen LogP contribution in [0, 0.1) is 0 Å². The average Bonchev–Trinajstić information content (AvgIpc) is 2.87. The van der Waals surface area contributed by atoms with Crippen LogP contribution in [-0.2, 0) is 12.8 Å². The van der Waals surface area contributed by atoms with Crippen LogP contribution in [0.15, 0.2) is 40.9 Å². The van der Waals surface area contributed by atoms with E-state index in [1.807, 2.05) is 0 Å². The maximum atomic E-state index is 5.86. The molecule has 1 aliphatic heterocycles. The highest BCUT2D eigenvalue weighted by molar-refractivity contribution is 9.10. The highest BCUT2D eigenvalue weighted by atomic mass is 79.9. The SMILES string of the molecule is Brc1cc2c(c(C(Br)C3Cc4ccccc43)c1)OCC2. The van der Waals surface area contributed by atoms with E-state index in [2.05, 4.69) is 68.3 Å². The molecule has 0 aromatic heterocycles. The maximum absolute atomic E-state index is 5.86. The molecule has 3 heteroatoms. The van der Waals surface area contributed by atoms with E-state index in [9.17, 15) is 0 Å². The van der Waals surface area contributed by atoms with Gasteiger partial charge in [-0.3, -0.25) is 0 Å². The van der Waals surface area contributed by atoms with Crippen LogP contribution in [0.1, 0.15) is 33.0 Å². The summed E-state index contributed by atoms with van der Waals surface area (Å²) in [5.41, 5.74) is 5.56. The molecule has 1 aliphatic carbocycles. The second-order valence-electron chi connectivity index (χ2n) is 5.49. The molecule has 0 amide bonds. The Bertz CT molecular complexity index is 681. The molecule has 2 unspecified atom stereocenters. The highest BCUT2D eigenvalue weighted by Gasteiger charge is 2.34. The summed E-state index contributed by atoms with van der Waals surface area (Å²) in [6.45, 7) is 0.805. The first-order valence-corrected chi connectivity index (χ1v) is 8.62. The van der Waals surface area contributed by atoms with Gasteiger partial charge in [-0.25, -0.2) is 0 Å². The van der Waals surface area contributed by atoms with E-state index in [0.717, 1.165) is 29.7 Å². The van der Waals surface area contributed by atoms with Gasteiger partial charge in [0.25, 0.3) is 0 Å². The van der Waals surface area contributed by atoms with Crippen molar-refractivity contribution in [3.63, 3.8) is 0 Å². The first kappa shape index (κ1) is 12.9. The van der Waals surface area contributed by atoms with Crippen LogP contribution in [0.25, 0.3) is 0 Å². The lowest BCUT2D eigenvalue weighted by Gasteiger charge is -2.34. The quantitative estimate of drug-likeness (QED) is 0.640. The van der Waals surface area contributed by atoms with Crippen molar-refractivity contribution in [2.75, 3.05) is 6.61 Å². The van der Waals surface area contributed by atoms with Gasteiger partial charge in [-0.2, -0.15) is 0 Å². The summed E-state index contributed by atoms with van der Waals surface area (Å²) in [6.07, 6.45) is 2.16. The summed E-state index contributed by atoms with van der Waals surface area (Å²) >= 11 is 7.55. The van der Waals surface area contributed by atoms with Crippen molar-refractivity contribution in [3.05, 3.63) is 63.1 Å². The Morgan fingerprint density at radius 3 is 2.85 bits per heavy atom. The summed E-state index contributed by atoms with van der Waals surface area (Å²) < 4.78 is 7.01. The van der Waals surface area contributed by atoms with Crippen LogP contribution in [-0.4, -0.2) is 6.61 Å². The molecule has 102 valence electrons. The molecule has 0 bridgehead atoms. The lowest BCUT2D eigenvalue weighted by molar-refractivity contribution is 0.352. The Balaban J connectivity index is 1.73. The fourth-order valence-electron chi connectivity index (χ4n) is 3.28. The van der Waals surface area contributed by atoms with E-state index in [4.69, 9.17) is 4.74 Å². The zero-order chi connectivity index (χ0) is 13.7. The number of fused-ring (bicyclic) bond motifs is 2. The van der Waals surface area contributed by atoms with E-state index in [-0.39, 0.29) is 0 Å². The molecule has 0 radical (unpaired) electrons. The number of hydrogen-bond donors (Lipinski definition) is 0. The molecule has 2 aliphatic rings. The molecule has 2 atom stereocenters. The van der Waals surface area contributed by atoms with Gasteiger partial charge in [-0.05, 0) is 35.2 Å². The van der Waals surface area contributed by atoms with E-state index in [0.29, 0.717) is 10.7 Å². The van der Waals surface area contributed by atoms with Crippen LogP contribution in [0.3, 0.4) is 0 Å². The van der Waals surface area contributed by atoms with Gasteiger partial charge in [-0.15, -0.1) is 0 Å². The molecule has 20 heavy (non-hydrogen) atoms. The molecule has 1 heterocycles. The molecule has 4 rings (SSSR count). The van der Waals surface area contributed by atoms with Crippen LogP contribution in [0.5, 0.6) is 5.75 Å². The molecular weight excluding hydrogens is 380 g/mol. The van der Waals surface area contributed by atoms with Crippen molar-refractivity contribution in [1.82, 2.24) is 0 Å². The smallest absolute Gasteiger partial charge is 0.127 e. The summed E-state index contributed by atoms with van der Waals surface area (Å²) in [7, 11) is 0. The van der Waals surface area contributed by atoms with Gasteiger partial charge in [0.05, 0.1) is 11.4 Å². The minimum absolute atomic E-state index is 0.321. The molecular formula is C17H14Br2O. The number of ether oxygens (including phenoxy) is 1. The first-order valence-electron chi connectivity index (χ1n) is 6.91. The third-order valence-electron chi connectivity index (χ3n) is 4.32. The monoisotopic (exact) mass is 392 g/mol. The predicted octanol–water partition coefficient (Wildman–Crippen LogP) is 5.16. The molecule has 2 aromatic rings. The van der Waals surface area contributed by atoms with E-state index in [1.54, 1.807) is 0 Å². The molecule has 1 nitrogen and oxygen atoms in total. The topological polar surface area (TPSA) is 9.23 Å². The van der Waals surface area contributed by atoms with Gasteiger partial charge in [0.15, 0.2) is 0 Å². The van der Waals surface area contributed by atoms with Crippen molar-refractivity contribution >= 4 is 31.9 Å². The lowest BCUT2D eigenvalue weighted by Crippen LogP contribution is -2.21. The van der Waals surface area contributed by atoms with Crippen LogP contribution >= 0.6 is 31.9 Å². The average molecular weight is 394 g/mol. The van der Waals surface area contributed by atoms with E-state index < -0.39 is 0 Å². The Morgan fingerprint density at radius 1 is 1.15 bits per heavy atom. The molecule has 0 N–H and O–H groups in total. The Labute approximate surface area is 135 Å². The predicted molar refractivity (Wildman–Crippen MR) is 87.9 cm³/mol. The zero-order valence-corrected chi connectivity index (χ0v) is 14.1. The minimum Gasteiger partial charge on any atom is -0.493 e. The first-order chi connectivity index (χ1) is 9.74. The molecule has 0 saturated carbocycles.